The molecular formula is C14H13N3O. The first kappa shape index (κ1) is 10.8. The van der Waals surface area contributed by atoms with Crippen molar-refractivity contribution in [3.63, 3.8) is 0 Å². The SMILES string of the molecule is CN1N=C(c2ccncc2)OC1c1ccccc1. The summed E-state index contributed by atoms with van der Waals surface area (Å²) in [6, 6.07) is 13.8. The zero-order valence-corrected chi connectivity index (χ0v) is 10.0. The Labute approximate surface area is 106 Å². The number of hydrazone groups is 1. The molecule has 0 spiro atoms. The van der Waals surface area contributed by atoms with Gasteiger partial charge in [-0.25, -0.2) is 0 Å². The molecular weight excluding hydrogens is 226 g/mol. The van der Waals surface area contributed by atoms with Crippen LogP contribution in [0.15, 0.2) is 60.0 Å². The molecule has 1 unspecified atom stereocenters. The van der Waals surface area contributed by atoms with Crippen molar-refractivity contribution in [3.8, 4) is 0 Å². The second-order valence-corrected chi connectivity index (χ2v) is 4.10. The van der Waals surface area contributed by atoms with Crippen molar-refractivity contribution in [3.05, 3.63) is 66.0 Å². The number of hydrogen-bond acceptors (Lipinski definition) is 4. The van der Waals surface area contributed by atoms with E-state index in [4.69, 9.17) is 4.74 Å². The molecule has 2 aromatic rings. The van der Waals surface area contributed by atoms with Crippen LogP contribution in [0.1, 0.15) is 17.4 Å². The smallest absolute Gasteiger partial charge is 0.240 e. The third kappa shape index (κ3) is 1.93. The Kier molecular flexibility index (Phi) is 2.68. The molecule has 18 heavy (non-hydrogen) atoms. The molecule has 90 valence electrons. The van der Waals surface area contributed by atoms with Gasteiger partial charge in [-0.1, -0.05) is 30.3 Å². The molecule has 0 bridgehead atoms. The molecule has 1 aromatic heterocycles. The van der Waals surface area contributed by atoms with E-state index in [9.17, 15) is 0 Å². The molecule has 4 heteroatoms. The van der Waals surface area contributed by atoms with E-state index in [-0.39, 0.29) is 6.23 Å². The number of benzene rings is 1. The van der Waals surface area contributed by atoms with Crippen LogP contribution in [0.25, 0.3) is 0 Å². The fraction of sp³-hybridized carbons (Fsp3) is 0.143. The monoisotopic (exact) mass is 239 g/mol. The Morgan fingerprint density at radius 2 is 1.78 bits per heavy atom. The standard InChI is InChI=1S/C14H13N3O/c1-17-14(12-5-3-2-4-6-12)18-13(16-17)11-7-9-15-10-8-11/h2-10,14H,1H3. The molecule has 0 radical (unpaired) electrons. The van der Waals surface area contributed by atoms with Crippen LogP contribution < -0.4 is 0 Å². The second kappa shape index (κ2) is 4.49. The molecule has 1 aromatic carbocycles. The van der Waals surface area contributed by atoms with E-state index in [1.807, 2.05) is 54.5 Å². The third-order valence-electron chi connectivity index (χ3n) is 2.82. The molecule has 1 aliphatic rings. The summed E-state index contributed by atoms with van der Waals surface area (Å²) in [7, 11) is 1.91. The van der Waals surface area contributed by atoms with Gasteiger partial charge in [0.15, 0.2) is 0 Å². The first-order valence-corrected chi connectivity index (χ1v) is 5.78. The molecule has 3 rings (SSSR count). The maximum absolute atomic E-state index is 5.89. The lowest BCUT2D eigenvalue weighted by Crippen LogP contribution is -2.15. The lowest BCUT2D eigenvalue weighted by atomic mass is 10.2. The van der Waals surface area contributed by atoms with E-state index in [0.717, 1.165) is 11.1 Å². The third-order valence-corrected chi connectivity index (χ3v) is 2.82. The summed E-state index contributed by atoms with van der Waals surface area (Å²) < 4.78 is 5.89. The van der Waals surface area contributed by atoms with Crippen LogP contribution >= 0.6 is 0 Å². The average Bonchev–Trinajstić information content (AvgIpc) is 2.83. The molecule has 0 aliphatic carbocycles. The Morgan fingerprint density at radius 3 is 2.50 bits per heavy atom. The van der Waals surface area contributed by atoms with Gasteiger partial charge in [-0.15, -0.1) is 5.10 Å². The minimum absolute atomic E-state index is 0.158. The first-order valence-electron chi connectivity index (χ1n) is 5.78. The normalized spacial score (nSPS) is 18.4. The number of ether oxygens (including phenoxy) is 1. The van der Waals surface area contributed by atoms with Gasteiger partial charge >= 0.3 is 0 Å². The van der Waals surface area contributed by atoms with Crippen LogP contribution in [0.5, 0.6) is 0 Å². The van der Waals surface area contributed by atoms with Crippen molar-refractivity contribution in [2.75, 3.05) is 7.05 Å². The summed E-state index contributed by atoms with van der Waals surface area (Å²) in [5, 5.41) is 6.24. The lowest BCUT2D eigenvalue weighted by Gasteiger charge is -2.17. The van der Waals surface area contributed by atoms with Crippen molar-refractivity contribution < 1.29 is 4.74 Å². The minimum atomic E-state index is -0.158. The van der Waals surface area contributed by atoms with Gasteiger partial charge in [-0.2, -0.15) is 0 Å². The Balaban J connectivity index is 1.85. The highest BCUT2D eigenvalue weighted by atomic mass is 16.5. The first-order chi connectivity index (χ1) is 8.84. The van der Waals surface area contributed by atoms with Crippen LogP contribution in [0.2, 0.25) is 0 Å². The number of aromatic nitrogens is 1. The van der Waals surface area contributed by atoms with E-state index in [0.29, 0.717) is 5.90 Å². The molecule has 0 N–H and O–H groups in total. The summed E-state index contributed by atoms with van der Waals surface area (Å²) in [4.78, 5) is 3.99. The number of hydrogen-bond donors (Lipinski definition) is 0. The van der Waals surface area contributed by atoms with Gasteiger partial charge in [0.1, 0.15) is 0 Å². The Bertz CT molecular complexity index is 554. The average molecular weight is 239 g/mol. The van der Waals surface area contributed by atoms with Gasteiger partial charge in [0.25, 0.3) is 0 Å². The number of pyridine rings is 1. The van der Waals surface area contributed by atoms with Gasteiger partial charge < -0.3 is 4.74 Å². The molecule has 0 amide bonds. The van der Waals surface area contributed by atoms with Crippen LogP contribution in [-0.4, -0.2) is 22.9 Å². The maximum atomic E-state index is 5.89. The summed E-state index contributed by atoms with van der Waals surface area (Å²) in [6.07, 6.45) is 3.31. The van der Waals surface area contributed by atoms with Gasteiger partial charge in [-0.3, -0.25) is 9.99 Å². The van der Waals surface area contributed by atoms with E-state index < -0.39 is 0 Å². The molecule has 1 atom stereocenters. The molecule has 1 aliphatic heterocycles. The topological polar surface area (TPSA) is 37.7 Å². The highest BCUT2D eigenvalue weighted by molar-refractivity contribution is 5.94. The summed E-state index contributed by atoms with van der Waals surface area (Å²) in [5.41, 5.74) is 2.03. The van der Waals surface area contributed by atoms with Crippen LogP contribution in [0.3, 0.4) is 0 Å². The Morgan fingerprint density at radius 1 is 1.06 bits per heavy atom. The second-order valence-electron chi connectivity index (χ2n) is 4.10. The van der Waals surface area contributed by atoms with Crippen molar-refractivity contribution in [2.24, 2.45) is 5.10 Å². The quantitative estimate of drug-likeness (QED) is 0.807. The van der Waals surface area contributed by atoms with E-state index >= 15 is 0 Å². The molecule has 0 saturated carbocycles. The van der Waals surface area contributed by atoms with Crippen molar-refractivity contribution in [1.82, 2.24) is 9.99 Å². The lowest BCUT2D eigenvalue weighted by molar-refractivity contribution is 0.0779. The Hall–Kier alpha value is -2.36. The molecule has 4 nitrogen and oxygen atoms in total. The summed E-state index contributed by atoms with van der Waals surface area (Å²) in [5.74, 6) is 0.633. The van der Waals surface area contributed by atoms with E-state index in [2.05, 4.69) is 10.1 Å². The zero-order valence-electron chi connectivity index (χ0n) is 10.0. The van der Waals surface area contributed by atoms with Crippen molar-refractivity contribution >= 4 is 5.90 Å². The molecule has 2 heterocycles. The highest BCUT2D eigenvalue weighted by Crippen LogP contribution is 2.27. The van der Waals surface area contributed by atoms with Crippen molar-refractivity contribution in [2.45, 2.75) is 6.23 Å². The predicted octanol–water partition coefficient (Wildman–Crippen LogP) is 2.40. The molecule has 0 fully saturated rings. The fourth-order valence-corrected chi connectivity index (χ4v) is 1.92. The maximum Gasteiger partial charge on any atom is 0.240 e. The van der Waals surface area contributed by atoms with E-state index in [1.54, 1.807) is 12.4 Å². The van der Waals surface area contributed by atoms with Crippen LogP contribution in [0, 0.1) is 0 Å². The zero-order chi connectivity index (χ0) is 12.4. The van der Waals surface area contributed by atoms with Crippen LogP contribution in [-0.2, 0) is 4.74 Å². The van der Waals surface area contributed by atoms with Gasteiger partial charge in [0.2, 0.25) is 12.1 Å². The fourth-order valence-electron chi connectivity index (χ4n) is 1.92. The van der Waals surface area contributed by atoms with Crippen LogP contribution in [0.4, 0.5) is 0 Å². The van der Waals surface area contributed by atoms with Gasteiger partial charge in [-0.05, 0) is 12.1 Å². The summed E-state index contributed by atoms with van der Waals surface area (Å²) in [6.45, 7) is 0. The number of nitrogens with zero attached hydrogens (tertiary/aromatic N) is 3. The minimum Gasteiger partial charge on any atom is -0.446 e. The van der Waals surface area contributed by atoms with Gasteiger partial charge in [0.05, 0.1) is 0 Å². The number of rotatable bonds is 2. The summed E-state index contributed by atoms with van der Waals surface area (Å²) >= 11 is 0. The molecule has 0 saturated heterocycles. The van der Waals surface area contributed by atoms with Gasteiger partial charge in [0, 0.05) is 30.6 Å². The highest BCUT2D eigenvalue weighted by Gasteiger charge is 2.26. The van der Waals surface area contributed by atoms with Crippen molar-refractivity contribution in [1.29, 1.82) is 0 Å². The predicted molar refractivity (Wildman–Crippen MR) is 68.8 cm³/mol. The van der Waals surface area contributed by atoms with E-state index in [1.165, 1.54) is 0 Å². The largest absolute Gasteiger partial charge is 0.446 e.